The van der Waals surface area contributed by atoms with E-state index in [2.05, 4.69) is 12.2 Å². The number of nitrogens with one attached hydrogen (secondary N) is 1. The Balaban J connectivity index is 2.17. The molecule has 0 saturated carbocycles. The minimum Gasteiger partial charge on any atom is -0.484 e. The van der Waals surface area contributed by atoms with Crippen LogP contribution in [0.2, 0.25) is 0 Å². The second-order valence-corrected chi connectivity index (χ2v) is 5.13. The second-order valence-electron chi connectivity index (χ2n) is 5.13. The van der Waals surface area contributed by atoms with Gasteiger partial charge in [-0.2, -0.15) is 0 Å². The summed E-state index contributed by atoms with van der Waals surface area (Å²) in [6.45, 7) is 5.70. The zero-order valence-electron chi connectivity index (χ0n) is 12.6. The summed E-state index contributed by atoms with van der Waals surface area (Å²) < 4.78 is 19.5. The maximum Gasteiger partial charge on any atom is 0.136 e. The molecule has 1 atom stereocenters. The van der Waals surface area contributed by atoms with Gasteiger partial charge < -0.3 is 10.1 Å². The molecule has 0 fully saturated rings. The molecule has 1 N–H and O–H groups in total. The van der Waals surface area contributed by atoms with Crippen LogP contribution in [0.5, 0.6) is 5.75 Å². The molecule has 0 heterocycles. The maximum absolute atomic E-state index is 13.4. The number of rotatable bonds is 7. The van der Waals surface area contributed by atoms with E-state index in [-0.39, 0.29) is 11.9 Å². The number of hydrogen-bond donors (Lipinski definition) is 1. The van der Waals surface area contributed by atoms with E-state index in [1.165, 1.54) is 12.1 Å². The number of hydrogen-bond acceptors (Lipinski definition) is 2. The monoisotopic (exact) mass is 287 g/mol. The summed E-state index contributed by atoms with van der Waals surface area (Å²) >= 11 is 0. The molecule has 0 amide bonds. The first kappa shape index (κ1) is 15.5. The highest BCUT2D eigenvalue weighted by atomic mass is 19.1. The zero-order chi connectivity index (χ0) is 15.1. The maximum atomic E-state index is 13.4. The summed E-state index contributed by atoms with van der Waals surface area (Å²) in [6.07, 6.45) is 0.943. The molecule has 2 rings (SSSR count). The van der Waals surface area contributed by atoms with Crippen LogP contribution in [0.25, 0.3) is 0 Å². The predicted molar refractivity (Wildman–Crippen MR) is 84.1 cm³/mol. The molecular formula is C18H22FNO. The third-order valence-corrected chi connectivity index (χ3v) is 3.35. The Morgan fingerprint density at radius 2 is 1.90 bits per heavy atom. The van der Waals surface area contributed by atoms with Crippen LogP contribution >= 0.6 is 0 Å². The average Bonchev–Trinajstić information content (AvgIpc) is 2.51. The topological polar surface area (TPSA) is 21.3 Å². The lowest BCUT2D eigenvalue weighted by Gasteiger charge is -2.21. The van der Waals surface area contributed by atoms with Crippen molar-refractivity contribution in [1.29, 1.82) is 0 Å². The Hall–Kier alpha value is -1.87. The number of halogens is 1. The Kier molecular flexibility index (Phi) is 5.76. The Morgan fingerprint density at radius 1 is 1.14 bits per heavy atom. The minimum atomic E-state index is -0.274. The highest BCUT2D eigenvalue weighted by Gasteiger charge is 2.14. The van der Waals surface area contributed by atoms with Gasteiger partial charge in [-0.15, -0.1) is 0 Å². The van der Waals surface area contributed by atoms with E-state index in [9.17, 15) is 4.39 Å². The predicted octanol–water partition coefficient (Wildman–Crippen LogP) is 4.25. The van der Waals surface area contributed by atoms with E-state index in [4.69, 9.17) is 4.74 Å². The normalized spacial score (nSPS) is 12.1. The molecule has 0 saturated heterocycles. The molecule has 0 aliphatic heterocycles. The van der Waals surface area contributed by atoms with Crippen LogP contribution in [-0.4, -0.2) is 13.1 Å². The fourth-order valence-electron chi connectivity index (χ4n) is 2.16. The number of aryl methyl sites for hydroxylation is 1. The van der Waals surface area contributed by atoms with Crippen molar-refractivity contribution in [3.8, 4) is 5.75 Å². The van der Waals surface area contributed by atoms with Gasteiger partial charge in [-0.25, -0.2) is 4.39 Å². The summed E-state index contributed by atoms with van der Waals surface area (Å²) in [5.74, 6) is 0.325. The summed E-state index contributed by atoms with van der Waals surface area (Å²) in [5.41, 5.74) is 2.03. The fraction of sp³-hybridized carbons (Fsp3) is 0.333. The molecule has 21 heavy (non-hydrogen) atoms. The fourth-order valence-corrected chi connectivity index (χ4v) is 2.16. The van der Waals surface area contributed by atoms with Gasteiger partial charge in [0.05, 0.1) is 0 Å². The van der Waals surface area contributed by atoms with E-state index in [0.717, 1.165) is 24.1 Å². The lowest BCUT2D eigenvalue weighted by molar-refractivity contribution is 0.199. The van der Waals surface area contributed by atoms with Gasteiger partial charge in [0.25, 0.3) is 0 Å². The molecule has 0 radical (unpaired) electrons. The van der Waals surface area contributed by atoms with Crippen LogP contribution < -0.4 is 10.1 Å². The average molecular weight is 287 g/mol. The Morgan fingerprint density at radius 3 is 2.62 bits per heavy atom. The van der Waals surface area contributed by atoms with E-state index >= 15 is 0 Å². The third kappa shape index (κ3) is 4.57. The molecule has 0 aliphatic carbocycles. The summed E-state index contributed by atoms with van der Waals surface area (Å²) in [4.78, 5) is 0. The molecule has 3 heteroatoms. The van der Waals surface area contributed by atoms with Crippen molar-refractivity contribution >= 4 is 0 Å². The molecule has 2 nitrogen and oxygen atoms in total. The minimum absolute atomic E-state index is 0.127. The smallest absolute Gasteiger partial charge is 0.136 e. The van der Waals surface area contributed by atoms with Gasteiger partial charge >= 0.3 is 0 Å². The molecule has 0 aromatic heterocycles. The summed E-state index contributed by atoms with van der Waals surface area (Å²) in [7, 11) is 0. The van der Waals surface area contributed by atoms with Crippen molar-refractivity contribution in [3.05, 3.63) is 65.5 Å². The molecule has 0 aliphatic rings. The van der Waals surface area contributed by atoms with Crippen molar-refractivity contribution in [2.75, 3.05) is 13.1 Å². The van der Waals surface area contributed by atoms with Gasteiger partial charge in [0, 0.05) is 12.6 Å². The van der Waals surface area contributed by atoms with Gasteiger partial charge in [0.1, 0.15) is 17.7 Å². The standard InChI is InChI=1S/C18H22FNO/c1-3-11-20-13-18(15-7-5-4-6-8-15)21-17-12-16(19)10-9-14(17)2/h4-10,12,18,20H,3,11,13H2,1-2H3. The molecule has 1 unspecified atom stereocenters. The van der Waals surface area contributed by atoms with E-state index in [0.29, 0.717) is 12.3 Å². The van der Waals surface area contributed by atoms with Crippen molar-refractivity contribution in [3.63, 3.8) is 0 Å². The second kappa shape index (κ2) is 7.79. The molecule has 2 aromatic rings. The van der Waals surface area contributed by atoms with Gasteiger partial charge in [-0.1, -0.05) is 43.3 Å². The van der Waals surface area contributed by atoms with Crippen LogP contribution in [0.1, 0.15) is 30.6 Å². The van der Waals surface area contributed by atoms with Gasteiger partial charge in [0.2, 0.25) is 0 Å². The first-order valence-electron chi connectivity index (χ1n) is 7.39. The highest BCUT2D eigenvalue weighted by molar-refractivity contribution is 5.33. The van der Waals surface area contributed by atoms with Crippen LogP contribution in [0.4, 0.5) is 4.39 Å². The first-order chi connectivity index (χ1) is 10.2. The largest absolute Gasteiger partial charge is 0.484 e. The Labute approximate surface area is 126 Å². The molecule has 0 bridgehead atoms. The van der Waals surface area contributed by atoms with E-state index in [1.54, 1.807) is 6.07 Å². The lowest BCUT2D eigenvalue weighted by atomic mass is 10.1. The summed E-state index contributed by atoms with van der Waals surface area (Å²) in [5, 5.41) is 3.37. The quantitative estimate of drug-likeness (QED) is 0.769. The third-order valence-electron chi connectivity index (χ3n) is 3.35. The van der Waals surface area contributed by atoms with E-state index < -0.39 is 0 Å². The van der Waals surface area contributed by atoms with Crippen LogP contribution in [0.15, 0.2) is 48.5 Å². The van der Waals surface area contributed by atoms with Crippen molar-refractivity contribution in [2.24, 2.45) is 0 Å². The van der Waals surface area contributed by atoms with Crippen molar-refractivity contribution in [1.82, 2.24) is 5.32 Å². The van der Waals surface area contributed by atoms with Crippen molar-refractivity contribution in [2.45, 2.75) is 26.4 Å². The molecule has 112 valence electrons. The Bertz CT molecular complexity index is 556. The van der Waals surface area contributed by atoms with Gasteiger partial charge in [0.15, 0.2) is 0 Å². The molecular weight excluding hydrogens is 265 g/mol. The van der Waals surface area contributed by atoms with Gasteiger partial charge in [-0.3, -0.25) is 0 Å². The zero-order valence-corrected chi connectivity index (χ0v) is 12.6. The number of ether oxygens (including phenoxy) is 1. The molecule has 0 spiro atoms. The summed E-state index contributed by atoms with van der Waals surface area (Å²) in [6, 6.07) is 14.7. The number of benzene rings is 2. The van der Waals surface area contributed by atoms with E-state index in [1.807, 2.05) is 37.3 Å². The van der Waals surface area contributed by atoms with Gasteiger partial charge in [-0.05, 0) is 37.1 Å². The SMILES string of the molecule is CCCNCC(Oc1cc(F)ccc1C)c1ccccc1. The van der Waals surface area contributed by atoms with Crippen molar-refractivity contribution < 1.29 is 9.13 Å². The van der Waals surface area contributed by atoms with Crippen LogP contribution in [0.3, 0.4) is 0 Å². The van der Waals surface area contributed by atoms with Crippen LogP contribution in [0, 0.1) is 12.7 Å². The lowest BCUT2D eigenvalue weighted by Crippen LogP contribution is -2.26. The molecule has 2 aromatic carbocycles. The highest BCUT2D eigenvalue weighted by Crippen LogP contribution is 2.25. The van der Waals surface area contributed by atoms with Crippen LogP contribution in [-0.2, 0) is 0 Å². The first-order valence-corrected chi connectivity index (χ1v) is 7.39.